The number of aliphatic carboxylic acids is 1. The van der Waals surface area contributed by atoms with Crippen molar-refractivity contribution in [2.75, 3.05) is 6.54 Å². The van der Waals surface area contributed by atoms with Crippen LogP contribution in [0.5, 0.6) is 0 Å². The van der Waals surface area contributed by atoms with Crippen LogP contribution in [0.3, 0.4) is 0 Å². The van der Waals surface area contributed by atoms with E-state index in [2.05, 4.69) is 15.9 Å². The van der Waals surface area contributed by atoms with Gasteiger partial charge in [-0.3, -0.25) is 4.79 Å². The Morgan fingerprint density at radius 1 is 1.40 bits per heavy atom. The van der Waals surface area contributed by atoms with Crippen molar-refractivity contribution in [2.24, 2.45) is 0 Å². The summed E-state index contributed by atoms with van der Waals surface area (Å²) in [5, 5.41) is 8.86. The molecule has 0 unspecified atom stereocenters. The van der Waals surface area contributed by atoms with Crippen LogP contribution in [0.15, 0.2) is 27.6 Å². The summed E-state index contributed by atoms with van der Waals surface area (Å²) in [6.45, 7) is 3.90. The van der Waals surface area contributed by atoms with Gasteiger partial charge in [-0.15, -0.1) is 0 Å². The Kier molecular flexibility index (Phi) is 4.94. The lowest BCUT2D eigenvalue weighted by molar-refractivity contribution is -0.138. The van der Waals surface area contributed by atoms with Crippen molar-refractivity contribution in [1.82, 2.24) is 4.31 Å². The number of hydrogen-bond donors (Lipinski definition) is 1. The molecule has 0 bridgehead atoms. The molecule has 1 aromatic carbocycles. The van der Waals surface area contributed by atoms with E-state index in [1.807, 2.05) is 0 Å². The average molecular weight is 368 g/mol. The second kappa shape index (κ2) is 5.79. The molecule has 0 aliphatic rings. The van der Waals surface area contributed by atoms with Crippen molar-refractivity contribution in [2.45, 2.75) is 31.2 Å². The van der Waals surface area contributed by atoms with Crippen LogP contribution in [0.1, 0.15) is 20.8 Å². The maximum absolute atomic E-state index is 13.8. The lowest BCUT2D eigenvalue weighted by Gasteiger charge is -2.33. The topological polar surface area (TPSA) is 74.7 Å². The molecule has 1 rings (SSSR count). The van der Waals surface area contributed by atoms with Gasteiger partial charge in [-0.05, 0) is 39.0 Å². The van der Waals surface area contributed by atoms with Crippen molar-refractivity contribution < 1.29 is 22.7 Å². The molecule has 5 nitrogen and oxygen atoms in total. The lowest BCUT2D eigenvalue weighted by atomic mass is 10.1. The predicted octanol–water partition coefficient (Wildman–Crippen LogP) is 2.46. The van der Waals surface area contributed by atoms with Crippen molar-refractivity contribution in [3.63, 3.8) is 0 Å². The normalized spacial score (nSPS) is 12.7. The lowest BCUT2D eigenvalue weighted by Crippen LogP contribution is -2.48. The molecule has 112 valence electrons. The third-order valence-electron chi connectivity index (χ3n) is 2.49. The molecule has 0 atom stereocenters. The van der Waals surface area contributed by atoms with Crippen LogP contribution >= 0.6 is 15.9 Å². The second-order valence-corrected chi connectivity index (χ2v) is 7.90. The Morgan fingerprint density at radius 2 is 1.95 bits per heavy atom. The fraction of sp³-hybridized carbons (Fsp3) is 0.417. The molecule has 0 aromatic heterocycles. The zero-order valence-electron chi connectivity index (χ0n) is 11.2. The molecule has 20 heavy (non-hydrogen) atoms. The minimum absolute atomic E-state index is 0.398. The van der Waals surface area contributed by atoms with E-state index in [0.717, 1.165) is 16.4 Å². The average Bonchev–Trinajstić information content (AvgIpc) is 2.23. The fourth-order valence-electron chi connectivity index (χ4n) is 1.61. The van der Waals surface area contributed by atoms with E-state index in [4.69, 9.17) is 5.11 Å². The molecule has 1 N–H and O–H groups in total. The maximum atomic E-state index is 13.8. The van der Waals surface area contributed by atoms with Crippen LogP contribution < -0.4 is 0 Å². The summed E-state index contributed by atoms with van der Waals surface area (Å²) < 4.78 is 39.9. The first-order chi connectivity index (χ1) is 8.96. The zero-order chi connectivity index (χ0) is 15.7. The smallest absolute Gasteiger partial charge is 0.318 e. The van der Waals surface area contributed by atoms with Gasteiger partial charge in [0.1, 0.15) is 17.3 Å². The SMILES string of the molecule is CC(C)(C)N(CC(=O)O)S(=O)(=O)c1ccc(Br)cc1F. The predicted molar refractivity (Wildman–Crippen MR) is 75.4 cm³/mol. The molecule has 0 aliphatic carbocycles. The Balaban J connectivity index is 3.40. The third-order valence-corrected chi connectivity index (χ3v) is 5.13. The van der Waals surface area contributed by atoms with E-state index < -0.39 is 38.8 Å². The maximum Gasteiger partial charge on any atom is 0.318 e. The minimum atomic E-state index is -4.24. The number of carboxylic acids is 1. The highest BCUT2D eigenvalue weighted by Gasteiger charge is 2.37. The van der Waals surface area contributed by atoms with E-state index >= 15 is 0 Å². The van der Waals surface area contributed by atoms with Crippen LogP contribution in [0.4, 0.5) is 4.39 Å². The van der Waals surface area contributed by atoms with Gasteiger partial charge in [0.05, 0.1) is 0 Å². The van der Waals surface area contributed by atoms with Crippen LogP contribution in [0, 0.1) is 5.82 Å². The van der Waals surface area contributed by atoms with E-state index in [1.54, 1.807) is 20.8 Å². The van der Waals surface area contributed by atoms with Gasteiger partial charge in [0, 0.05) is 10.0 Å². The third kappa shape index (κ3) is 3.77. The molecule has 1 aromatic rings. The largest absolute Gasteiger partial charge is 0.480 e. The Morgan fingerprint density at radius 3 is 2.35 bits per heavy atom. The van der Waals surface area contributed by atoms with Crippen LogP contribution in [-0.2, 0) is 14.8 Å². The van der Waals surface area contributed by atoms with Crippen molar-refractivity contribution in [1.29, 1.82) is 0 Å². The van der Waals surface area contributed by atoms with Crippen molar-refractivity contribution >= 4 is 31.9 Å². The zero-order valence-corrected chi connectivity index (χ0v) is 13.6. The van der Waals surface area contributed by atoms with Gasteiger partial charge in [0.15, 0.2) is 0 Å². The molecule has 0 fully saturated rings. The molecule has 0 radical (unpaired) electrons. The Hall–Kier alpha value is -0.990. The van der Waals surface area contributed by atoms with Crippen LogP contribution in [0.2, 0.25) is 0 Å². The number of carboxylic acid groups (broad SMARTS) is 1. The standard InChI is InChI=1S/C12H15BrFNO4S/c1-12(2,3)15(7-11(16)17)20(18,19)10-5-4-8(13)6-9(10)14/h4-6H,7H2,1-3H3,(H,16,17). The minimum Gasteiger partial charge on any atom is -0.480 e. The summed E-state index contributed by atoms with van der Waals surface area (Å²) in [6, 6.07) is 3.52. The molecule has 0 amide bonds. The van der Waals surface area contributed by atoms with Crippen molar-refractivity contribution in [3.05, 3.63) is 28.5 Å². The second-order valence-electron chi connectivity index (χ2n) is 5.15. The van der Waals surface area contributed by atoms with Gasteiger partial charge in [-0.25, -0.2) is 12.8 Å². The quantitative estimate of drug-likeness (QED) is 0.886. The first-order valence-electron chi connectivity index (χ1n) is 5.66. The van der Waals surface area contributed by atoms with E-state index in [1.165, 1.54) is 6.07 Å². The van der Waals surface area contributed by atoms with Gasteiger partial charge in [0.2, 0.25) is 10.0 Å². The van der Waals surface area contributed by atoms with E-state index in [0.29, 0.717) is 4.47 Å². The number of nitrogens with zero attached hydrogens (tertiary/aromatic N) is 1. The fourth-order valence-corrected chi connectivity index (χ4v) is 3.73. The van der Waals surface area contributed by atoms with Gasteiger partial charge in [0.25, 0.3) is 0 Å². The summed E-state index contributed by atoms with van der Waals surface area (Å²) in [6.07, 6.45) is 0. The highest BCUT2D eigenvalue weighted by molar-refractivity contribution is 9.10. The molecule has 0 saturated heterocycles. The first-order valence-corrected chi connectivity index (χ1v) is 7.89. The number of hydrogen-bond acceptors (Lipinski definition) is 3. The molecule has 8 heteroatoms. The highest BCUT2D eigenvalue weighted by Crippen LogP contribution is 2.27. The van der Waals surface area contributed by atoms with E-state index in [9.17, 15) is 17.6 Å². The van der Waals surface area contributed by atoms with Gasteiger partial charge < -0.3 is 5.11 Å². The Bertz CT molecular complexity index is 625. The number of carbonyl (C=O) groups is 1. The summed E-state index contributed by atoms with van der Waals surface area (Å²) >= 11 is 3.04. The monoisotopic (exact) mass is 367 g/mol. The molecule has 0 heterocycles. The Labute approximate surface area is 125 Å². The summed E-state index contributed by atoms with van der Waals surface area (Å²) in [7, 11) is -4.24. The number of sulfonamides is 1. The van der Waals surface area contributed by atoms with Gasteiger partial charge in [-0.1, -0.05) is 15.9 Å². The number of halogens is 2. The van der Waals surface area contributed by atoms with Crippen LogP contribution in [-0.4, -0.2) is 35.9 Å². The number of rotatable bonds is 4. The summed E-state index contributed by atoms with van der Waals surface area (Å²) in [5.41, 5.74) is -0.989. The number of benzene rings is 1. The molecule has 0 aliphatic heterocycles. The molecule has 0 spiro atoms. The molecular formula is C12H15BrFNO4S. The van der Waals surface area contributed by atoms with Crippen molar-refractivity contribution in [3.8, 4) is 0 Å². The molecule has 0 saturated carbocycles. The van der Waals surface area contributed by atoms with Gasteiger partial charge in [-0.2, -0.15) is 4.31 Å². The molecular weight excluding hydrogens is 353 g/mol. The van der Waals surface area contributed by atoms with Crippen LogP contribution in [0.25, 0.3) is 0 Å². The summed E-state index contributed by atoms with van der Waals surface area (Å²) in [4.78, 5) is 10.3. The van der Waals surface area contributed by atoms with E-state index in [-0.39, 0.29) is 0 Å². The summed E-state index contributed by atoms with van der Waals surface area (Å²) in [5.74, 6) is -2.24. The van der Waals surface area contributed by atoms with Gasteiger partial charge >= 0.3 is 5.97 Å². The first kappa shape index (κ1) is 17.1. The highest BCUT2D eigenvalue weighted by atomic mass is 79.9.